The zero-order valence-corrected chi connectivity index (χ0v) is 9.43. The smallest absolute Gasteiger partial charge is 0.319 e. The summed E-state index contributed by atoms with van der Waals surface area (Å²) in [6, 6.07) is 4.54. The number of carboxylic acid groups (broad SMARTS) is 1. The fourth-order valence-corrected chi connectivity index (χ4v) is 1.43. The summed E-state index contributed by atoms with van der Waals surface area (Å²) in [6.07, 6.45) is -0.117. The van der Waals surface area contributed by atoms with Crippen molar-refractivity contribution in [2.45, 2.75) is 6.42 Å². The van der Waals surface area contributed by atoms with Gasteiger partial charge in [-0.2, -0.15) is 0 Å². The van der Waals surface area contributed by atoms with E-state index in [9.17, 15) is 9.59 Å². The molecule has 18 heavy (non-hydrogen) atoms. The third kappa shape index (κ3) is 3.03. The molecule has 0 saturated heterocycles. The number of carboxylic acids is 1. The van der Waals surface area contributed by atoms with Crippen molar-refractivity contribution in [3.63, 3.8) is 0 Å². The van der Waals surface area contributed by atoms with Crippen LogP contribution in [0.25, 0.3) is 0 Å². The van der Waals surface area contributed by atoms with E-state index in [2.05, 4.69) is 10.6 Å². The van der Waals surface area contributed by atoms with E-state index in [0.29, 0.717) is 17.2 Å². The molecule has 0 atom stereocenters. The van der Waals surface area contributed by atoms with Gasteiger partial charge in [0, 0.05) is 18.3 Å². The summed E-state index contributed by atoms with van der Waals surface area (Å²) in [6.45, 7) is 0.245. The van der Waals surface area contributed by atoms with E-state index in [-0.39, 0.29) is 19.8 Å². The molecule has 0 spiro atoms. The van der Waals surface area contributed by atoms with Gasteiger partial charge in [0.25, 0.3) is 0 Å². The van der Waals surface area contributed by atoms with E-state index < -0.39 is 12.0 Å². The number of benzene rings is 1. The average Bonchev–Trinajstić information content (AvgIpc) is 2.75. The molecule has 0 bridgehead atoms. The largest absolute Gasteiger partial charge is 0.481 e. The van der Waals surface area contributed by atoms with Crippen LogP contribution in [-0.2, 0) is 4.79 Å². The highest BCUT2D eigenvalue weighted by molar-refractivity contribution is 5.89. The second-order valence-electron chi connectivity index (χ2n) is 3.59. The zero-order valence-electron chi connectivity index (χ0n) is 9.43. The van der Waals surface area contributed by atoms with Crippen molar-refractivity contribution in [3.8, 4) is 11.5 Å². The predicted octanol–water partition coefficient (Wildman–Crippen LogP) is 1.01. The van der Waals surface area contributed by atoms with Gasteiger partial charge in [-0.25, -0.2) is 4.79 Å². The molecular formula is C11H12N2O5. The molecule has 7 heteroatoms. The first-order chi connectivity index (χ1) is 8.65. The van der Waals surface area contributed by atoms with Gasteiger partial charge in [0.1, 0.15) is 0 Å². The number of fused-ring (bicyclic) bond motifs is 1. The van der Waals surface area contributed by atoms with Crippen molar-refractivity contribution in [3.05, 3.63) is 18.2 Å². The summed E-state index contributed by atoms with van der Waals surface area (Å²) in [7, 11) is 0. The Morgan fingerprint density at radius 1 is 1.28 bits per heavy atom. The Kier molecular flexibility index (Phi) is 3.52. The van der Waals surface area contributed by atoms with Gasteiger partial charge >= 0.3 is 12.0 Å². The van der Waals surface area contributed by atoms with Crippen molar-refractivity contribution < 1.29 is 24.2 Å². The molecule has 0 unspecified atom stereocenters. The third-order valence-electron chi connectivity index (χ3n) is 2.25. The zero-order chi connectivity index (χ0) is 13.0. The van der Waals surface area contributed by atoms with Crippen molar-refractivity contribution >= 4 is 17.7 Å². The van der Waals surface area contributed by atoms with Crippen molar-refractivity contribution in [2.24, 2.45) is 0 Å². The van der Waals surface area contributed by atoms with Crippen LogP contribution >= 0.6 is 0 Å². The first-order valence-corrected chi connectivity index (χ1v) is 5.31. The molecule has 1 aliphatic rings. The number of carbonyl (C=O) groups excluding carboxylic acids is 1. The van der Waals surface area contributed by atoms with Gasteiger partial charge in [-0.1, -0.05) is 0 Å². The van der Waals surface area contributed by atoms with Crippen LogP contribution in [0.2, 0.25) is 0 Å². The summed E-state index contributed by atoms with van der Waals surface area (Å²) in [5, 5.41) is 13.4. The van der Waals surface area contributed by atoms with Crippen LogP contribution in [0.1, 0.15) is 6.42 Å². The van der Waals surface area contributed by atoms with Crippen LogP contribution in [0.15, 0.2) is 18.2 Å². The predicted molar refractivity (Wildman–Crippen MR) is 61.8 cm³/mol. The van der Waals surface area contributed by atoms with E-state index >= 15 is 0 Å². The van der Waals surface area contributed by atoms with Crippen LogP contribution in [0.3, 0.4) is 0 Å². The van der Waals surface area contributed by atoms with E-state index in [0.717, 1.165) is 0 Å². The number of ether oxygens (including phenoxy) is 2. The fraction of sp³-hybridized carbons (Fsp3) is 0.273. The van der Waals surface area contributed by atoms with Gasteiger partial charge in [0.2, 0.25) is 6.79 Å². The number of urea groups is 1. The molecule has 2 rings (SSSR count). The van der Waals surface area contributed by atoms with Crippen molar-refractivity contribution in [1.82, 2.24) is 5.32 Å². The Bertz CT molecular complexity index is 475. The number of carbonyl (C=O) groups is 2. The van der Waals surface area contributed by atoms with E-state index in [4.69, 9.17) is 14.6 Å². The third-order valence-corrected chi connectivity index (χ3v) is 2.25. The van der Waals surface area contributed by atoms with Crippen LogP contribution in [0, 0.1) is 0 Å². The van der Waals surface area contributed by atoms with Gasteiger partial charge in [-0.15, -0.1) is 0 Å². The Balaban J connectivity index is 1.85. The van der Waals surface area contributed by atoms with Gasteiger partial charge in [-0.05, 0) is 12.1 Å². The SMILES string of the molecule is O=C(O)CCNC(=O)Nc1ccc2c(c1)OCO2. The quantitative estimate of drug-likeness (QED) is 0.743. The maximum absolute atomic E-state index is 11.4. The Hall–Kier alpha value is -2.44. The summed E-state index contributed by atoms with van der Waals surface area (Å²) in [5.41, 5.74) is 0.548. The lowest BCUT2D eigenvalue weighted by atomic mass is 10.3. The number of aliphatic carboxylic acids is 1. The number of hydrogen-bond acceptors (Lipinski definition) is 4. The Morgan fingerprint density at radius 3 is 2.83 bits per heavy atom. The van der Waals surface area contributed by atoms with Crippen LogP contribution in [0.4, 0.5) is 10.5 Å². The first kappa shape index (κ1) is 12.0. The summed E-state index contributed by atoms with van der Waals surface area (Å²) < 4.78 is 10.3. The highest BCUT2D eigenvalue weighted by Crippen LogP contribution is 2.34. The molecule has 1 heterocycles. The standard InChI is InChI=1S/C11H12N2O5/c14-10(15)3-4-12-11(16)13-7-1-2-8-9(5-7)18-6-17-8/h1-2,5H,3-4,6H2,(H,14,15)(H2,12,13,16). The minimum absolute atomic E-state index is 0.0751. The number of amides is 2. The topological polar surface area (TPSA) is 96.9 Å². The molecule has 1 aromatic rings. The highest BCUT2D eigenvalue weighted by Gasteiger charge is 2.13. The Morgan fingerprint density at radius 2 is 2.06 bits per heavy atom. The molecule has 0 aromatic heterocycles. The molecule has 0 aliphatic carbocycles. The van der Waals surface area contributed by atoms with Crippen LogP contribution in [0.5, 0.6) is 11.5 Å². The van der Waals surface area contributed by atoms with Crippen LogP contribution < -0.4 is 20.1 Å². The number of anilines is 1. The van der Waals surface area contributed by atoms with E-state index in [1.165, 1.54) is 0 Å². The molecule has 3 N–H and O–H groups in total. The molecule has 2 amide bonds. The minimum Gasteiger partial charge on any atom is -0.481 e. The lowest BCUT2D eigenvalue weighted by Crippen LogP contribution is -2.30. The number of hydrogen-bond donors (Lipinski definition) is 3. The maximum atomic E-state index is 11.4. The molecule has 0 fully saturated rings. The molecule has 7 nitrogen and oxygen atoms in total. The number of rotatable bonds is 4. The minimum atomic E-state index is -0.960. The Labute approximate surface area is 103 Å². The molecule has 1 aromatic carbocycles. The van der Waals surface area contributed by atoms with E-state index in [1.807, 2.05) is 0 Å². The average molecular weight is 252 g/mol. The first-order valence-electron chi connectivity index (χ1n) is 5.31. The molecule has 96 valence electrons. The lowest BCUT2D eigenvalue weighted by Gasteiger charge is -2.07. The number of nitrogens with one attached hydrogen (secondary N) is 2. The second-order valence-corrected chi connectivity index (χ2v) is 3.59. The highest BCUT2D eigenvalue weighted by atomic mass is 16.7. The maximum Gasteiger partial charge on any atom is 0.319 e. The van der Waals surface area contributed by atoms with Gasteiger partial charge in [0.15, 0.2) is 11.5 Å². The molecule has 0 radical (unpaired) electrons. The molecule has 0 saturated carbocycles. The van der Waals surface area contributed by atoms with E-state index in [1.54, 1.807) is 18.2 Å². The summed E-state index contributed by atoms with van der Waals surface area (Å²) in [5.74, 6) is 0.239. The normalized spacial score (nSPS) is 12.0. The monoisotopic (exact) mass is 252 g/mol. The summed E-state index contributed by atoms with van der Waals surface area (Å²) in [4.78, 5) is 21.7. The van der Waals surface area contributed by atoms with Gasteiger partial charge in [0.05, 0.1) is 6.42 Å². The molecule has 1 aliphatic heterocycles. The van der Waals surface area contributed by atoms with Crippen molar-refractivity contribution in [2.75, 3.05) is 18.7 Å². The fourth-order valence-electron chi connectivity index (χ4n) is 1.43. The summed E-state index contributed by atoms with van der Waals surface area (Å²) >= 11 is 0. The lowest BCUT2D eigenvalue weighted by molar-refractivity contribution is -0.136. The molecular weight excluding hydrogens is 240 g/mol. The van der Waals surface area contributed by atoms with Gasteiger partial charge in [-0.3, -0.25) is 4.79 Å². The van der Waals surface area contributed by atoms with Crippen LogP contribution in [-0.4, -0.2) is 30.4 Å². The van der Waals surface area contributed by atoms with Gasteiger partial charge < -0.3 is 25.2 Å². The van der Waals surface area contributed by atoms with Crippen molar-refractivity contribution in [1.29, 1.82) is 0 Å². The second kappa shape index (κ2) is 5.26.